The van der Waals surface area contributed by atoms with Gasteiger partial charge in [0, 0.05) is 0 Å². The molecule has 1 N–H and O–H groups in total. The van der Waals surface area contributed by atoms with Crippen molar-refractivity contribution in [3.63, 3.8) is 0 Å². The molecule has 0 heterocycles. The molecule has 0 saturated carbocycles. The van der Waals surface area contributed by atoms with E-state index in [1.807, 2.05) is 13.8 Å². The SMILES string of the molecule is CC(C)(O)CCC[N+](C)(C)C.F[B-](F)(F)F. The molecule has 0 aromatic rings. The van der Waals surface area contributed by atoms with Crippen LogP contribution in [0.25, 0.3) is 0 Å². The zero-order chi connectivity index (χ0) is 13.6. The van der Waals surface area contributed by atoms with Crippen molar-refractivity contribution < 1.29 is 26.9 Å². The summed E-state index contributed by atoms with van der Waals surface area (Å²) in [7, 11) is 0.513. The Morgan fingerprint density at radius 1 is 1.06 bits per heavy atom. The van der Waals surface area contributed by atoms with E-state index in [1.165, 1.54) is 0 Å². The summed E-state index contributed by atoms with van der Waals surface area (Å²) in [6.07, 6.45) is 1.98. The number of hydrogen-bond donors (Lipinski definition) is 1. The predicted molar refractivity (Wildman–Crippen MR) is 58.6 cm³/mol. The van der Waals surface area contributed by atoms with Gasteiger partial charge in [0.25, 0.3) is 0 Å². The molecular weight excluding hydrogens is 225 g/mol. The summed E-state index contributed by atoms with van der Waals surface area (Å²) >= 11 is 0. The minimum atomic E-state index is -6.00. The van der Waals surface area contributed by atoms with E-state index in [4.69, 9.17) is 0 Å². The summed E-state index contributed by atoms with van der Waals surface area (Å²) in [6, 6.07) is 0. The highest BCUT2D eigenvalue weighted by Crippen LogP contribution is 2.11. The summed E-state index contributed by atoms with van der Waals surface area (Å²) in [5.74, 6) is 0. The maximum atomic E-state index is 9.75. The Kier molecular flexibility index (Phi) is 7.28. The van der Waals surface area contributed by atoms with Crippen molar-refractivity contribution in [3.05, 3.63) is 0 Å². The molecular formula is C9H22BF4NO. The number of hydrogen-bond acceptors (Lipinski definition) is 1. The molecule has 0 aliphatic heterocycles. The first kappa shape index (κ1) is 18.1. The molecule has 7 heteroatoms. The average molecular weight is 247 g/mol. The Hall–Kier alpha value is -0.295. The van der Waals surface area contributed by atoms with Crippen molar-refractivity contribution in [2.75, 3.05) is 27.7 Å². The van der Waals surface area contributed by atoms with Crippen LogP contribution in [0.15, 0.2) is 0 Å². The van der Waals surface area contributed by atoms with Gasteiger partial charge in [-0.15, -0.1) is 0 Å². The summed E-state index contributed by atoms with van der Waals surface area (Å²) < 4.78 is 40.0. The Labute approximate surface area is 94.9 Å². The third-order valence-electron chi connectivity index (χ3n) is 1.62. The van der Waals surface area contributed by atoms with Gasteiger partial charge < -0.3 is 26.9 Å². The molecule has 0 fully saturated rings. The van der Waals surface area contributed by atoms with Crippen LogP contribution in [0.1, 0.15) is 26.7 Å². The standard InChI is InChI=1S/C9H22NO.BF4/c1-9(2,11)7-6-8-10(3,4)5;2-1(3,4)5/h11H,6-8H2,1-5H3;/q+1;-1. The van der Waals surface area contributed by atoms with Crippen molar-refractivity contribution in [1.82, 2.24) is 0 Å². The van der Waals surface area contributed by atoms with Gasteiger partial charge >= 0.3 is 7.25 Å². The van der Waals surface area contributed by atoms with E-state index >= 15 is 0 Å². The Balaban J connectivity index is 0. The second-order valence-corrected chi connectivity index (χ2v) is 5.42. The fraction of sp³-hybridized carbons (Fsp3) is 1.00. The van der Waals surface area contributed by atoms with Crippen LogP contribution in [0, 0.1) is 0 Å². The van der Waals surface area contributed by atoms with Gasteiger partial charge in [-0.3, -0.25) is 0 Å². The zero-order valence-electron chi connectivity index (χ0n) is 10.6. The number of quaternary nitrogens is 1. The first-order chi connectivity index (χ1) is 6.71. The highest BCUT2D eigenvalue weighted by atomic mass is 19.5. The summed E-state index contributed by atoms with van der Waals surface area (Å²) in [6.45, 7) is 4.86. The highest BCUT2D eigenvalue weighted by molar-refractivity contribution is 6.50. The molecule has 0 amide bonds. The predicted octanol–water partition coefficient (Wildman–Crippen LogP) is 2.54. The number of rotatable bonds is 4. The normalized spacial score (nSPS) is 13.1. The van der Waals surface area contributed by atoms with Gasteiger partial charge in [-0.2, -0.15) is 0 Å². The lowest BCUT2D eigenvalue weighted by molar-refractivity contribution is -0.870. The highest BCUT2D eigenvalue weighted by Gasteiger charge is 2.20. The number of aliphatic hydroxyl groups is 1. The Bertz CT molecular complexity index is 163. The van der Waals surface area contributed by atoms with Crippen LogP contribution in [0.3, 0.4) is 0 Å². The van der Waals surface area contributed by atoms with Gasteiger partial charge in [0.1, 0.15) is 0 Å². The summed E-state index contributed by atoms with van der Waals surface area (Å²) in [5, 5.41) is 9.41. The van der Waals surface area contributed by atoms with E-state index in [0.29, 0.717) is 0 Å². The summed E-state index contributed by atoms with van der Waals surface area (Å²) in [5.41, 5.74) is -0.491. The molecule has 0 saturated heterocycles. The van der Waals surface area contributed by atoms with Gasteiger partial charge in [-0.25, -0.2) is 0 Å². The van der Waals surface area contributed by atoms with Crippen LogP contribution in [-0.2, 0) is 0 Å². The fourth-order valence-corrected chi connectivity index (χ4v) is 0.986. The third-order valence-corrected chi connectivity index (χ3v) is 1.62. The second-order valence-electron chi connectivity index (χ2n) is 5.42. The van der Waals surface area contributed by atoms with E-state index in [-0.39, 0.29) is 0 Å². The van der Waals surface area contributed by atoms with Crippen molar-refractivity contribution in [2.45, 2.75) is 32.3 Å². The maximum absolute atomic E-state index is 9.75. The molecule has 0 aromatic carbocycles. The fourth-order valence-electron chi connectivity index (χ4n) is 0.986. The van der Waals surface area contributed by atoms with E-state index in [2.05, 4.69) is 21.1 Å². The molecule has 0 radical (unpaired) electrons. The minimum Gasteiger partial charge on any atom is -0.418 e. The monoisotopic (exact) mass is 247 g/mol. The van der Waals surface area contributed by atoms with Gasteiger partial charge in [-0.05, 0) is 26.7 Å². The Morgan fingerprint density at radius 3 is 1.56 bits per heavy atom. The topological polar surface area (TPSA) is 20.2 Å². The second kappa shape index (κ2) is 6.44. The zero-order valence-corrected chi connectivity index (χ0v) is 10.6. The van der Waals surface area contributed by atoms with Gasteiger partial charge in [0.15, 0.2) is 0 Å². The molecule has 0 spiro atoms. The van der Waals surface area contributed by atoms with Crippen molar-refractivity contribution in [1.29, 1.82) is 0 Å². The molecule has 0 rings (SSSR count). The largest absolute Gasteiger partial charge is 0.673 e. The lowest BCUT2D eigenvalue weighted by Gasteiger charge is -2.25. The Morgan fingerprint density at radius 2 is 1.38 bits per heavy atom. The minimum absolute atomic E-state index is 0.491. The van der Waals surface area contributed by atoms with Crippen molar-refractivity contribution in [3.8, 4) is 0 Å². The molecule has 0 atom stereocenters. The number of halogens is 4. The van der Waals surface area contributed by atoms with Crippen LogP contribution < -0.4 is 0 Å². The lowest BCUT2D eigenvalue weighted by Crippen LogP contribution is -2.36. The van der Waals surface area contributed by atoms with E-state index in [1.54, 1.807) is 0 Å². The molecule has 100 valence electrons. The van der Waals surface area contributed by atoms with Crippen LogP contribution in [0.5, 0.6) is 0 Å². The third kappa shape index (κ3) is 37.3. The lowest BCUT2D eigenvalue weighted by atomic mass is 10.0. The first-order valence-electron chi connectivity index (χ1n) is 5.11. The molecule has 16 heavy (non-hydrogen) atoms. The molecule has 0 unspecified atom stereocenters. The van der Waals surface area contributed by atoms with Crippen LogP contribution >= 0.6 is 0 Å². The summed E-state index contributed by atoms with van der Waals surface area (Å²) in [4.78, 5) is 0. The van der Waals surface area contributed by atoms with Gasteiger partial charge in [-0.1, -0.05) is 0 Å². The first-order valence-corrected chi connectivity index (χ1v) is 5.11. The van der Waals surface area contributed by atoms with Crippen molar-refractivity contribution in [2.24, 2.45) is 0 Å². The quantitative estimate of drug-likeness (QED) is 0.460. The van der Waals surface area contributed by atoms with E-state index in [9.17, 15) is 22.4 Å². The molecule has 0 aliphatic rings. The van der Waals surface area contributed by atoms with Gasteiger partial charge in [0.2, 0.25) is 0 Å². The van der Waals surface area contributed by atoms with E-state index in [0.717, 1.165) is 23.9 Å². The van der Waals surface area contributed by atoms with Crippen LogP contribution in [0.4, 0.5) is 17.3 Å². The number of nitrogens with zero attached hydrogens (tertiary/aromatic N) is 1. The molecule has 0 aliphatic carbocycles. The van der Waals surface area contributed by atoms with Crippen LogP contribution in [0.2, 0.25) is 0 Å². The van der Waals surface area contributed by atoms with E-state index < -0.39 is 12.9 Å². The van der Waals surface area contributed by atoms with Crippen LogP contribution in [-0.4, -0.2) is 50.1 Å². The average Bonchev–Trinajstić information content (AvgIpc) is 1.74. The molecule has 2 nitrogen and oxygen atoms in total. The molecule has 0 aromatic heterocycles. The smallest absolute Gasteiger partial charge is 0.418 e. The van der Waals surface area contributed by atoms with Crippen molar-refractivity contribution >= 4 is 7.25 Å². The van der Waals surface area contributed by atoms with Gasteiger partial charge in [0.05, 0.1) is 33.3 Å². The maximum Gasteiger partial charge on any atom is 0.673 e. The molecule has 0 bridgehead atoms.